The van der Waals surface area contributed by atoms with Gasteiger partial charge in [0.05, 0.1) is 0 Å². The monoisotopic (exact) mass is 260 g/mol. The Morgan fingerprint density at radius 2 is 2.56 bits per heavy atom. The number of nitrogens with one attached hydrogen (secondary N) is 1. The Bertz CT molecular complexity index is 418. The van der Waals surface area contributed by atoms with Gasteiger partial charge in [-0.15, -0.1) is 22.9 Å². The molecule has 1 rings (SSSR count). The first-order chi connectivity index (χ1) is 7.71. The van der Waals surface area contributed by atoms with Crippen LogP contribution in [0.1, 0.15) is 5.69 Å². The number of carbonyl (C=O) groups excluding carboxylic acids is 2. The lowest BCUT2D eigenvalue weighted by atomic mass is 10.3. The summed E-state index contributed by atoms with van der Waals surface area (Å²) in [6, 6.07) is 0. The number of rotatable bonds is 5. The molecule has 0 spiro atoms. The van der Waals surface area contributed by atoms with Crippen LogP contribution in [0.4, 0.5) is 5.13 Å². The molecule has 1 aromatic heterocycles. The summed E-state index contributed by atoms with van der Waals surface area (Å²) in [5.41, 5.74) is 0.219. The standard InChI is InChI=1S/C8H7ClN3O3S/c1-15-12-5(3-13)6-4-16-8(10-6)11-7(14)2-9/h4H,2H2,1H3,(H,10,11,14)/b12-5+. The summed E-state index contributed by atoms with van der Waals surface area (Å²) >= 11 is 6.45. The predicted octanol–water partition coefficient (Wildman–Crippen LogP) is 0.781. The number of hydrogen-bond acceptors (Lipinski definition) is 6. The second kappa shape index (κ2) is 6.19. The third-order valence-electron chi connectivity index (χ3n) is 1.39. The van der Waals surface area contributed by atoms with Gasteiger partial charge >= 0.3 is 0 Å². The third kappa shape index (κ3) is 3.28. The Hall–Kier alpha value is -1.47. The molecule has 0 fully saturated rings. The van der Waals surface area contributed by atoms with Crippen LogP contribution < -0.4 is 5.32 Å². The van der Waals surface area contributed by atoms with Crippen LogP contribution in [-0.4, -0.2) is 35.9 Å². The van der Waals surface area contributed by atoms with Crippen LogP contribution in [0.5, 0.6) is 0 Å². The van der Waals surface area contributed by atoms with Crippen molar-refractivity contribution >= 4 is 46.0 Å². The molecular formula is C8H7ClN3O3S. The number of thiazole rings is 1. The van der Waals surface area contributed by atoms with E-state index >= 15 is 0 Å². The molecule has 0 aliphatic heterocycles. The Labute approximate surface area is 100 Å². The summed E-state index contributed by atoms with van der Waals surface area (Å²) in [6.07, 6.45) is 1.58. The van der Waals surface area contributed by atoms with Crippen molar-refractivity contribution in [3.8, 4) is 0 Å². The average molecular weight is 261 g/mol. The lowest BCUT2D eigenvalue weighted by molar-refractivity contribution is -0.113. The van der Waals surface area contributed by atoms with Crippen LogP contribution >= 0.6 is 22.9 Å². The average Bonchev–Trinajstić information content (AvgIpc) is 2.74. The zero-order valence-electron chi connectivity index (χ0n) is 8.19. The minimum absolute atomic E-state index is 0.0647. The molecule has 6 nitrogen and oxygen atoms in total. The summed E-state index contributed by atoms with van der Waals surface area (Å²) < 4.78 is 0. The van der Waals surface area contributed by atoms with Crippen molar-refractivity contribution in [2.24, 2.45) is 5.16 Å². The van der Waals surface area contributed by atoms with Crippen LogP contribution in [0, 0.1) is 0 Å². The topological polar surface area (TPSA) is 80.6 Å². The van der Waals surface area contributed by atoms with E-state index in [2.05, 4.69) is 20.3 Å². The van der Waals surface area contributed by atoms with Crippen LogP contribution in [0.2, 0.25) is 0 Å². The summed E-state index contributed by atoms with van der Waals surface area (Å²) in [5.74, 6) is -0.531. The molecule has 16 heavy (non-hydrogen) atoms. The SMILES string of the molecule is CO/N=C(\[C]=O)c1csc(NC(=O)CCl)n1. The van der Waals surface area contributed by atoms with Crippen molar-refractivity contribution in [1.82, 2.24) is 4.98 Å². The highest BCUT2D eigenvalue weighted by Gasteiger charge is 2.11. The molecule has 8 heteroatoms. The van der Waals surface area contributed by atoms with E-state index in [1.807, 2.05) is 0 Å². The molecule has 1 aromatic rings. The van der Waals surface area contributed by atoms with Gasteiger partial charge in [-0.05, 0) is 0 Å². The first kappa shape index (κ1) is 12.6. The van der Waals surface area contributed by atoms with Crippen molar-refractivity contribution < 1.29 is 14.4 Å². The fraction of sp³-hybridized carbons (Fsp3) is 0.250. The highest BCUT2D eigenvalue weighted by Crippen LogP contribution is 2.15. The zero-order valence-corrected chi connectivity index (χ0v) is 9.76. The molecule has 1 N–H and O–H groups in total. The molecule has 1 amide bonds. The lowest BCUT2D eigenvalue weighted by Crippen LogP contribution is -2.12. The number of alkyl halides is 1. The summed E-state index contributed by atoms with van der Waals surface area (Å²) in [5, 5.41) is 7.75. The molecule has 0 aliphatic rings. The van der Waals surface area contributed by atoms with Gasteiger partial charge in [0, 0.05) is 5.38 Å². The Kier molecular flexibility index (Phi) is 4.87. The second-order valence-corrected chi connectivity index (χ2v) is 3.57. The fourth-order valence-corrected chi connectivity index (χ4v) is 1.58. The van der Waals surface area contributed by atoms with Gasteiger partial charge in [-0.25, -0.2) is 4.98 Å². The minimum atomic E-state index is -0.372. The molecule has 1 radical (unpaired) electrons. The fourth-order valence-electron chi connectivity index (χ4n) is 0.802. The molecule has 1 heterocycles. The maximum atomic E-state index is 10.9. The van der Waals surface area contributed by atoms with Gasteiger partial charge in [0.15, 0.2) is 10.8 Å². The van der Waals surface area contributed by atoms with E-state index in [0.717, 1.165) is 11.3 Å². The molecule has 0 aliphatic carbocycles. The molecule has 0 unspecified atom stereocenters. The van der Waals surface area contributed by atoms with E-state index in [-0.39, 0.29) is 23.2 Å². The molecule has 0 saturated carbocycles. The van der Waals surface area contributed by atoms with E-state index in [0.29, 0.717) is 5.13 Å². The predicted molar refractivity (Wildman–Crippen MR) is 60.7 cm³/mol. The van der Waals surface area contributed by atoms with Crippen molar-refractivity contribution in [3.05, 3.63) is 11.1 Å². The number of oxime groups is 1. The Morgan fingerprint density at radius 1 is 1.81 bits per heavy atom. The highest BCUT2D eigenvalue weighted by molar-refractivity contribution is 7.14. The number of anilines is 1. The molecule has 85 valence electrons. The van der Waals surface area contributed by atoms with Crippen molar-refractivity contribution in [1.29, 1.82) is 0 Å². The minimum Gasteiger partial charge on any atom is -0.398 e. The zero-order chi connectivity index (χ0) is 12.0. The maximum Gasteiger partial charge on any atom is 0.259 e. The molecule has 0 atom stereocenters. The molecule has 0 saturated heterocycles. The Morgan fingerprint density at radius 3 is 3.12 bits per heavy atom. The van der Waals surface area contributed by atoms with E-state index < -0.39 is 0 Å². The number of amides is 1. The Balaban J connectivity index is 2.81. The van der Waals surface area contributed by atoms with Gasteiger partial charge in [-0.3, -0.25) is 9.59 Å². The molecule has 0 bridgehead atoms. The molecule has 0 aromatic carbocycles. The van der Waals surface area contributed by atoms with Crippen LogP contribution in [0.3, 0.4) is 0 Å². The van der Waals surface area contributed by atoms with E-state index in [1.54, 1.807) is 11.7 Å². The maximum absolute atomic E-state index is 10.9. The number of halogens is 1. The highest BCUT2D eigenvalue weighted by atomic mass is 35.5. The first-order valence-corrected chi connectivity index (χ1v) is 5.43. The van der Waals surface area contributed by atoms with Crippen molar-refractivity contribution in [2.75, 3.05) is 18.3 Å². The van der Waals surface area contributed by atoms with Crippen LogP contribution in [-0.2, 0) is 14.4 Å². The van der Waals surface area contributed by atoms with Gasteiger partial charge < -0.3 is 10.2 Å². The quantitative estimate of drug-likeness (QED) is 0.482. The first-order valence-electron chi connectivity index (χ1n) is 4.02. The van der Waals surface area contributed by atoms with Crippen molar-refractivity contribution in [3.63, 3.8) is 0 Å². The summed E-state index contributed by atoms with van der Waals surface area (Å²) in [6.45, 7) is 0. The smallest absolute Gasteiger partial charge is 0.259 e. The van der Waals surface area contributed by atoms with Gasteiger partial charge in [0.25, 0.3) is 6.29 Å². The van der Waals surface area contributed by atoms with Crippen molar-refractivity contribution in [2.45, 2.75) is 0 Å². The van der Waals surface area contributed by atoms with Gasteiger partial charge in [0.2, 0.25) is 5.91 Å². The van der Waals surface area contributed by atoms with E-state index in [4.69, 9.17) is 11.6 Å². The molecular weight excluding hydrogens is 254 g/mol. The lowest BCUT2D eigenvalue weighted by Gasteiger charge is -1.95. The van der Waals surface area contributed by atoms with Gasteiger partial charge in [0.1, 0.15) is 18.7 Å². The van der Waals surface area contributed by atoms with E-state index in [9.17, 15) is 9.59 Å². The van der Waals surface area contributed by atoms with Crippen LogP contribution in [0.25, 0.3) is 0 Å². The third-order valence-corrected chi connectivity index (χ3v) is 2.39. The van der Waals surface area contributed by atoms with Crippen LogP contribution in [0.15, 0.2) is 10.5 Å². The van der Waals surface area contributed by atoms with Gasteiger partial charge in [-0.1, -0.05) is 5.16 Å². The summed E-state index contributed by atoms with van der Waals surface area (Å²) in [7, 11) is 1.31. The van der Waals surface area contributed by atoms with Gasteiger partial charge in [-0.2, -0.15) is 0 Å². The number of hydrogen-bond donors (Lipinski definition) is 1. The number of carbonyl (C=O) groups is 1. The van der Waals surface area contributed by atoms with E-state index in [1.165, 1.54) is 7.11 Å². The largest absolute Gasteiger partial charge is 0.398 e. The summed E-state index contributed by atoms with van der Waals surface area (Å²) in [4.78, 5) is 29.8. The second-order valence-electron chi connectivity index (χ2n) is 2.44. The number of aromatic nitrogens is 1. The number of nitrogens with zero attached hydrogens (tertiary/aromatic N) is 2. The normalized spacial score (nSPS) is 11.0.